The molecule has 1 rings (SSSR count). The molecule has 0 saturated heterocycles. The average Bonchev–Trinajstić information content (AvgIpc) is 2.48. The number of hydrogen-bond acceptors (Lipinski definition) is 2. The summed E-state index contributed by atoms with van der Waals surface area (Å²) in [7, 11) is 0. The Morgan fingerprint density at radius 1 is 1.47 bits per heavy atom. The van der Waals surface area contributed by atoms with Gasteiger partial charge in [0.2, 0.25) is 0 Å². The van der Waals surface area contributed by atoms with E-state index in [2.05, 4.69) is 31.1 Å². The summed E-state index contributed by atoms with van der Waals surface area (Å²) in [4.78, 5) is 5.49. The van der Waals surface area contributed by atoms with Crippen LogP contribution in [0.5, 0.6) is 0 Å². The number of guanidine groups is 1. The summed E-state index contributed by atoms with van der Waals surface area (Å²) in [5, 5.41) is 3.12. The molecule has 0 atom stereocenters. The number of nitrogens with zero attached hydrogens (tertiary/aromatic N) is 1. The van der Waals surface area contributed by atoms with Gasteiger partial charge >= 0.3 is 0 Å². The van der Waals surface area contributed by atoms with Crippen molar-refractivity contribution in [3.63, 3.8) is 0 Å². The van der Waals surface area contributed by atoms with Gasteiger partial charge in [0, 0.05) is 23.4 Å². The van der Waals surface area contributed by atoms with Gasteiger partial charge in [-0.15, -0.1) is 35.3 Å². The predicted octanol–water partition coefficient (Wildman–Crippen LogP) is 3.26. The number of nitrogens with two attached hydrogens (primary N) is 1. The van der Waals surface area contributed by atoms with Crippen LogP contribution < -0.4 is 11.1 Å². The molecule has 1 heterocycles. The Labute approximate surface area is 129 Å². The zero-order valence-electron chi connectivity index (χ0n) is 10.3. The van der Waals surface area contributed by atoms with E-state index in [0.717, 1.165) is 10.8 Å². The molecule has 0 bridgehead atoms. The molecular formula is C11H19ClIN3S. The van der Waals surface area contributed by atoms with Gasteiger partial charge in [0.05, 0.1) is 4.34 Å². The molecule has 3 nitrogen and oxygen atoms in total. The first-order valence-electron chi connectivity index (χ1n) is 5.19. The molecule has 1 aromatic heterocycles. The van der Waals surface area contributed by atoms with Crippen LogP contribution in [0.3, 0.4) is 0 Å². The Morgan fingerprint density at radius 2 is 2.12 bits per heavy atom. The molecule has 0 aliphatic rings. The van der Waals surface area contributed by atoms with Crippen LogP contribution in [-0.2, 0) is 6.42 Å². The van der Waals surface area contributed by atoms with Crippen LogP contribution in [-0.4, -0.2) is 18.0 Å². The predicted molar refractivity (Wildman–Crippen MR) is 87.8 cm³/mol. The quantitative estimate of drug-likeness (QED) is 0.475. The monoisotopic (exact) mass is 387 g/mol. The minimum atomic E-state index is -0.0418. The van der Waals surface area contributed by atoms with Gasteiger partial charge in [0.25, 0.3) is 0 Å². The highest BCUT2D eigenvalue weighted by Gasteiger charge is 2.09. The molecule has 0 aromatic carbocycles. The number of halogens is 2. The lowest BCUT2D eigenvalue weighted by Crippen LogP contribution is -2.45. The summed E-state index contributed by atoms with van der Waals surface area (Å²) in [5.74, 6) is 0.496. The molecule has 1 aromatic rings. The lowest BCUT2D eigenvalue weighted by atomic mass is 10.1. The van der Waals surface area contributed by atoms with Crippen LogP contribution in [0.1, 0.15) is 25.6 Å². The number of hydrogen-bond donors (Lipinski definition) is 2. The maximum Gasteiger partial charge on any atom is 0.188 e. The van der Waals surface area contributed by atoms with E-state index in [1.165, 1.54) is 4.88 Å². The maximum absolute atomic E-state index is 5.83. The first-order chi connectivity index (χ1) is 7.37. The summed E-state index contributed by atoms with van der Waals surface area (Å²) in [6, 6.07) is 3.93. The third kappa shape index (κ3) is 7.83. The second kappa shape index (κ2) is 7.43. The number of thiophene rings is 1. The van der Waals surface area contributed by atoms with Gasteiger partial charge in [-0.25, -0.2) is 0 Å². The van der Waals surface area contributed by atoms with Crippen molar-refractivity contribution < 1.29 is 0 Å². The minimum Gasteiger partial charge on any atom is -0.370 e. The average molecular weight is 388 g/mol. The van der Waals surface area contributed by atoms with Gasteiger partial charge in [-0.1, -0.05) is 11.6 Å². The minimum absolute atomic E-state index is 0. The van der Waals surface area contributed by atoms with Gasteiger partial charge in [-0.3, -0.25) is 4.99 Å². The molecule has 0 fully saturated rings. The van der Waals surface area contributed by atoms with E-state index in [4.69, 9.17) is 17.3 Å². The fourth-order valence-electron chi connectivity index (χ4n) is 1.20. The van der Waals surface area contributed by atoms with Crippen LogP contribution in [0.15, 0.2) is 17.1 Å². The maximum atomic E-state index is 5.83. The van der Waals surface area contributed by atoms with Gasteiger partial charge in [0.15, 0.2) is 5.96 Å². The van der Waals surface area contributed by atoms with E-state index in [-0.39, 0.29) is 29.5 Å². The second-order valence-corrected chi connectivity index (χ2v) is 6.40. The summed E-state index contributed by atoms with van der Waals surface area (Å²) >= 11 is 7.42. The Bertz CT molecular complexity index is 371. The topological polar surface area (TPSA) is 50.4 Å². The Balaban J connectivity index is 0.00000256. The van der Waals surface area contributed by atoms with Crippen LogP contribution in [0.2, 0.25) is 4.34 Å². The van der Waals surface area contributed by atoms with E-state index >= 15 is 0 Å². The number of aliphatic imine (C=N–C) groups is 1. The molecule has 0 spiro atoms. The van der Waals surface area contributed by atoms with Crippen molar-refractivity contribution in [3.05, 3.63) is 21.3 Å². The lowest BCUT2D eigenvalue weighted by molar-refractivity contribution is 0.508. The molecule has 98 valence electrons. The molecular weight excluding hydrogens is 369 g/mol. The lowest BCUT2D eigenvalue weighted by Gasteiger charge is -2.20. The van der Waals surface area contributed by atoms with Gasteiger partial charge in [-0.05, 0) is 32.9 Å². The molecule has 17 heavy (non-hydrogen) atoms. The highest BCUT2D eigenvalue weighted by atomic mass is 127. The van der Waals surface area contributed by atoms with Crippen molar-refractivity contribution >= 4 is 52.9 Å². The van der Waals surface area contributed by atoms with Gasteiger partial charge in [0.1, 0.15) is 0 Å². The van der Waals surface area contributed by atoms with E-state index in [1.54, 1.807) is 11.3 Å². The molecule has 3 N–H and O–H groups in total. The first kappa shape index (κ1) is 17.0. The summed E-state index contributed by atoms with van der Waals surface area (Å²) in [5.41, 5.74) is 5.70. The summed E-state index contributed by atoms with van der Waals surface area (Å²) in [6.45, 7) is 6.84. The van der Waals surface area contributed by atoms with Crippen LogP contribution >= 0.6 is 46.9 Å². The molecule has 0 aliphatic heterocycles. The molecule has 0 unspecified atom stereocenters. The first-order valence-corrected chi connectivity index (χ1v) is 6.38. The molecule has 0 amide bonds. The normalized spacial score (nSPS) is 12.1. The number of rotatable bonds is 3. The standard InChI is InChI=1S/C11H18ClN3S.HI/c1-11(2,3)15-10(13)14-7-6-8-4-5-9(12)16-8;/h4-5H,6-7H2,1-3H3,(H3,13,14,15);1H. The van der Waals surface area contributed by atoms with E-state index in [9.17, 15) is 0 Å². The van der Waals surface area contributed by atoms with Crippen molar-refractivity contribution in [2.24, 2.45) is 10.7 Å². The summed E-state index contributed by atoms with van der Waals surface area (Å²) in [6.07, 6.45) is 0.879. The Kier molecular flexibility index (Phi) is 7.43. The SMILES string of the molecule is CC(C)(C)NC(N)=NCCc1ccc(Cl)s1.I. The second-order valence-electron chi connectivity index (χ2n) is 4.60. The van der Waals surface area contributed by atoms with Crippen molar-refractivity contribution in [2.45, 2.75) is 32.7 Å². The Morgan fingerprint density at radius 3 is 2.59 bits per heavy atom. The molecule has 0 radical (unpaired) electrons. The third-order valence-electron chi connectivity index (χ3n) is 1.77. The molecule has 0 saturated carbocycles. The summed E-state index contributed by atoms with van der Waals surface area (Å²) < 4.78 is 0.819. The smallest absolute Gasteiger partial charge is 0.188 e. The van der Waals surface area contributed by atoms with Crippen LogP contribution in [0.4, 0.5) is 0 Å². The zero-order chi connectivity index (χ0) is 12.2. The van der Waals surface area contributed by atoms with E-state index < -0.39 is 0 Å². The molecule has 6 heteroatoms. The van der Waals surface area contributed by atoms with Crippen LogP contribution in [0, 0.1) is 0 Å². The number of nitrogens with one attached hydrogen (secondary N) is 1. The van der Waals surface area contributed by atoms with E-state index in [1.807, 2.05) is 12.1 Å². The molecule has 0 aliphatic carbocycles. The fraction of sp³-hybridized carbons (Fsp3) is 0.545. The van der Waals surface area contributed by atoms with E-state index in [0.29, 0.717) is 12.5 Å². The van der Waals surface area contributed by atoms with Crippen molar-refractivity contribution in [1.29, 1.82) is 0 Å². The van der Waals surface area contributed by atoms with Crippen molar-refractivity contribution in [3.8, 4) is 0 Å². The van der Waals surface area contributed by atoms with Crippen molar-refractivity contribution in [2.75, 3.05) is 6.54 Å². The Hall–Kier alpha value is -0.0100. The highest BCUT2D eigenvalue weighted by Crippen LogP contribution is 2.21. The van der Waals surface area contributed by atoms with Crippen LogP contribution in [0.25, 0.3) is 0 Å². The zero-order valence-corrected chi connectivity index (χ0v) is 14.2. The van der Waals surface area contributed by atoms with Crippen molar-refractivity contribution in [1.82, 2.24) is 5.32 Å². The highest BCUT2D eigenvalue weighted by molar-refractivity contribution is 14.0. The van der Waals surface area contributed by atoms with Gasteiger partial charge < -0.3 is 11.1 Å². The third-order valence-corrected chi connectivity index (χ3v) is 3.06. The fourth-order valence-corrected chi connectivity index (χ4v) is 2.27. The largest absolute Gasteiger partial charge is 0.370 e. The van der Waals surface area contributed by atoms with Gasteiger partial charge in [-0.2, -0.15) is 0 Å².